The van der Waals surface area contributed by atoms with Crippen molar-refractivity contribution in [3.8, 4) is 0 Å². The zero-order valence-corrected chi connectivity index (χ0v) is 11.5. The van der Waals surface area contributed by atoms with Crippen LogP contribution < -0.4 is 0 Å². The Bertz CT molecular complexity index is 425. The average Bonchev–Trinajstić information content (AvgIpc) is 2.31. The standard InChI is InChI=1S/C16H23FO/c1-11-7-8-12(17)10-13(11)15(18)14-6-4-5-9-16(14,2)3/h7-8,10,14-15,18H,4-6,9H2,1-3H3. The zero-order valence-electron chi connectivity index (χ0n) is 11.5. The minimum absolute atomic E-state index is 0.135. The fourth-order valence-corrected chi connectivity index (χ4v) is 3.25. The number of aliphatic hydroxyl groups is 1. The van der Waals surface area contributed by atoms with Gasteiger partial charge in [-0.25, -0.2) is 4.39 Å². The molecule has 1 aromatic rings. The van der Waals surface area contributed by atoms with E-state index in [0.29, 0.717) is 0 Å². The Labute approximate surface area is 109 Å². The molecular weight excluding hydrogens is 227 g/mol. The molecule has 0 amide bonds. The largest absolute Gasteiger partial charge is 0.388 e. The van der Waals surface area contributed by atoms with Gasteiger partial charge in [0.15, 0.2) is 0 Å². The number of hydrogen-bond donors (Lipinski definition) is 1. The minimum Gasteiger partial charge on any atom is -0.388 e. The Morgan fingerprint density at radius 3 is 2.72 bits per heavy atom. The van der Waals surface area contributed by atoms with Crippen LogP contribution in [0.1, 0.15) is 56.8 Å². The van der Waals surface area contributed by atoms with Crippen molar-refractivity contribution in [2.75, 3.05) is 0 Å². The van der Waals surface area contributed by atoms with Gasteiger partial charge >= 0.3 is 0 Å². The van der Waals surface area contributed by atoms with Crippen molar-refractivity contribution in [2.24, 2.45) is 11.3 Å². The van der Waals surface area contributed by atoms with E-state index in [1.807, 2.05) is 6.92 Å². The van der Waals surface area contributed by atoms with E-state index in [-0.39, 0.29) is 17.2 Å². The molecule has 2 rings (SSSR count). The topological polar surface area (TPSA) is 20.2 Å². The summed E-state index contributed by atoms with van der Waals surface area (Å²) in [6.45, 7) is 6.37. The van der Waals surface area contributed by atoms with Crippen LogP contribution in [0.5, 0.6) is 0 Å². The van der Waals surface area contributed by atoms with Crippen LogP contribution in [0.2, 0.25) is 0 Å². The lowest BCUT2D eigenvalue weighted by molar-refractivity contribution is 0.00337. The first-order valence-corrected chi connectivity index (χ1v) is 6.86. The van der Waals surface area contributed by atoms with Crippen LogP contribution >= 0.6 is 0 Å². The second-order valence-electron chi connectivity index (χ2n) is 6.29. The van der Waals surface area contributed by atoms with Gasteiger partial charge in [0, 0.05) is 0 Å². The molecule has 1 fully saturated rings. The predicted octanol–water partition coefficient (Wildman–Crippen LogP) is 4.38. The van der Waals surface area contributed by atoms with Gasteiger partial charge in [-0.1, -0.05) is 32.8 Å². The van der Waals surface area contributed by atoms with E-state index in [2.05, 4.69) is 13.8 Å². The van der Waals surface area contributed by atoms with Crippen LogP contribution in [0, 0.1) is 24.1 Å². The quantitative estimate of drug-likeness (QED) is 0.825. The molecule has 1 aromatic carbocycles. The fourth-order valence-electron chi connectivity index (χ4n) is 3.25. The predicted molar refractivity (Wildman–Crippen MR) is 71.8 cm³/mol. The fraction of sp³-hybridized carbons (Fsp3) is 0.625. The molecule has 2 heteroatoms. The summed E-state index contributed by atoms with van der Waals surface area (Å²) < 4.78 is 13.4. The molecule has 1 aliphatic carbocycles. The van der Waals surface area contributed by atoms with Crippen LogP contribution in [-0.4, -0.2) is 5.11 Å². The van der Waals surface area contributed by atoms with Gasteiger partial charge in [0.05, 0.1) is 6.10 Å². The van der Waals surface area contributed by atoms with Gasteiger partial charge in [0.1, 0.15) is 5.82 Å². The van der Waals surface area contributed by atoms with Gasteiger partial charge in [-0.05, 0) is 54.4 Å². The van der Waals surface area contributed by atoms with Crippen molar-refractivity contribution in [2.45, 2.75) is 52.6 Å². The molecule has 0 heterocycles. The Morgan fingerprint density at radius 2 is 2.06 bits per heavy atom. The molecule has 0 spiro atoms. The number of hydrogen-bond acceptors (Lipinski definition) is 1. The summed E-state index contributed by atoms with van der Waals surface area (Å²) in [4.78, 5) is 0. The Kier molecular flexibility index (Phi) is 3.76. The third-order valence-electron chi connectivity index (χ3n) is 4.53. The highest BCUT2D eigenvalue weighted by Gasteiger charge is 2.37. The van der Waals surface area contributed by atoms with E-state index in [9.17, 15) is 9.50 Å². The molecule has 0 radical (unpaired) electrons. The van der Waals surface area contributed by atoms with E-state index in [1.165, 1.54) is 25.0 Å². The first-order chi connectivity index (χ1) is 8.42. The maximum atomic E-state index is 13.4. The van der Waals surface area contributed by atoms with Gasteiger partial charge in [-0.15, -0.1) is 0 Å². The molecule has 2 unspecified atom stereocenters. The summed E-state index contributed by atoms with van der Waals surface area (Å²) >= 11 is 0. The number of aryl methyl sites for hydroxylation is 1. The Morgan fingerprint density at radius 1 is 1.33 bits per heavy atom. The van der Waals surface area contributed by atoms with Crippen LogP contribution in [-0.2, 0) is 0 Å². The summed E-state index contributed by atoms with van der Waals surface area (Å²) in [5, 5.41) is 10.6. The molecule has 0 aliphatic heterocycles. The van der Waals surface area contributed by atoms with Crippen molar-refractivity contribution in [1.29, 1.82) is 0 Å². The lowest BCUT2D eigenvalue weighted by atomic mass is 9.65. The van der Waals surface area contributed by atoms with E-state index in [1.54, 1.807) is 6.07 Å². The number of rotatable bonds is 2. The second-order valence-corrected chi connectivity index (χ2v) is 6.29. The molecule has 1 saturated carbocycles. The van der Waals surface area contributed by atoms with E-state index < -0.39 is 6.10 Å². The maximum absolute atomic E-state index is 13.4. The summed E-state index contributed by atoms with van der Waals surface area (Å²) in [5.41, 5.74) is 1.87. The summed E-state index contributed by atoms with van der Waals surface area (Å²) in [6, 6.07) is 4.70. The summed E-state index contributed by atoms with van der Waals surface area (Å²) in [7, 11) is 0. The Balaban J connectivity index is 2.29. The van der Waals surface area contributed by atoms with Crippen LogP contribution in [0.3, 0.4) is 0 Å². The van der Waals surface area contributed by atoms with Crippen LogP contribution in [0.15, 0.2) is 18.2 Å². The van der Waals surface area contributed by atoms with Crippen molar-refractivity contribution < 1.29 is 9.50 Å². The highest BCUT2D eigenvalue weighted by atomic mass is 19.1. The third-order valence-corrected chi connectivity index (χ3v) is 4.53. The number of halogens is 1. The molecule has 2 atom stereocenters. The molecule has 0 bridgehead atoms. The highest BCUT2D eigenvalue weighted by Crippen LogP contribution is 2.47. The molecule has 0 saturated heterocycles. The summed E-state index contributed by atoms with van der Waals surface area (Å²) in [5.74, 6) is -0.0324. The van der Waals surface area contributed by atoms with E-state index >= 15 is 0 Å². The SMILES string of the molecule is Cc1ccc(F)cc1C(O)C1CCCCC1(C)C. The summed E-state index contributed by atoms with van der Waals surface area (Å²) in [6.07, 6.45) is 4.03. The molecular formula is C16H23FO. The molecule has 0 aromatic heterocycles. The minimum atomic E-state index is -0.545. The lowest BCUT2D eigenvalue weighted by Gasteiger charge is -2.41. The monoisotopic (exact) mass is 250 g/mol. The highest BCUT2D eigenvalue weighted by molar-refractivity contribution is 5.29. The molecule has 100 valence electrons. The van der Waals surface area contributed by atoms with E-state index in [0.717, 1.165) is 24.0 Å². The van der Waals surface area contributed by atoms with Crippen molar-refractivity contribution in [3.63, 3.8) is 0 Å². The smallest absolute Gasteiger partial charge is 0.123 e. The van der Waals surface area contributed by atoms with Gasteiger partial charge in [-0.2, -0.15) is 0 Å². The van der Waals surface area contributed by atoms with Crippen LogP contribution in [0.25, 0.3) is 0 Å². The van der Waals surface area contributed by atoms with Gasteiger partial charge in [0.25, 0.3) is 0 Å². The average molecular weight is 250 g/mol. The number of aliphatic hydroxyl groups excluding tert-OH is 1. The number of benzene rings is 1. The molecule has 1 nitrogen and oxygen atoms in total. The van der Waals surface area contributed by atoms with Crippen molar-refractivity contribution in [3.05, 3.63) is 35.1 Å². The lowest BCUT2D eigenvalue weighted by Crippen LogP contribution is -2.32. The first-order valence-electron chi connectivity index (χ1n) is 6.86. The second kappa shape index (κ2) is 5.00. The Hall–Kier alpha value is -0.890. The van der Waals surface area contributed by atoms with Gasteiger partial charge < -0.3 is 5.11 Å². The van der Waals surface area contributed by atoms with Gasteiger partial charge in [0.2, 0.25) is 0 Å². The van der Waals surface area contributed by atoms with Crippen LogP contribution in [0.4, 0.5) is 4.39 Å². The van der Waals surface area contributed by atoms with Gasteiger partial charge in [-0.3, -0.25) is 0 Å². The molecule has 18 heavy (non-hydrogen) atoms. The van der Waals surface area contributed by atoms with Crippen molar-refractivity contribution in [1.82, 2.24) is 0 Å². The zero-order chi connectivity index (χ0) is 13.3. The normalized spacial score (nSPS) is 24.8. The third kappa shape index (κ3) is 2.59. The first kappa shape index (κ1) is 13.5. The van der Waals surface area contributed by atoms with Crippen molar-refractivity contribution >= 4 is 0 Å². The molecule has 1 N–H and O–H groups in total. The molecule has 1 aliphatic rings. The van der Waals surface area contributed by atoms with E-state index in [4.69, 9.17) is 0 Å². The maximum Gasteiger partial charge on any atom is 0.123 e.